The highest BCUT2D eigenvalue weighted by Gasteiger charge is 2.25. The maximum Gasteiger partial charge on any atom is 0.322 e. The molecule has 0 bridgehead atoms. The van der Waals surface area contributed by atoms with Crippen molar-refractivity contribution in [1.29, 1.82) is 0 Å². The lowest BCUT2D eigenvalue weighted by Crippen LogP contribution is -2.38. The summed E-state index contributed by atoms with van der Waals surface area (Å²) in [7, 11) is 0. The molecule has 0 aliphatic heterocycles. The van der Waals surface area contributed by atoms with Crippen molar-refractivity contribution in [3.05, 3.63) is 46.7 Å². The molecule has 1 heterocycles. The van der Waals surface area contributed by atoms with Gasteiger partial charge in [0.05, 0.1) is 11.1 Å². The first-order chi connectivity index (χ1) is 10.9. The van der Waals surface area contributed by atoms with E-state index in [2.05, 4.69) is 11.7 Å². The molecule has 0 unspecified atom stereocenters. The number of hydrogen-bond acceptors (Lipinski definition) is 4. The number of carboxylic acids is 1. The molecule has 3 N–H and O–H groups in total. The molecule has 2 atom stereocenters. The number of aromatic nitrogens is 3. The minimum Gasteiger partial charge on any atom is -0.480 e. The fourth-order valence-corrected chi connectivity index (χ4v) is 2.76. The average Bonchev–Trinajstić information content (AvgIpc) is 2.84. The lowest BCUT2D eigenvalue weighted by atomic mass is 10.1. The normalized spacial score (nSPS) is 13.5. The Hall–Kier alpha value is -1.96. The zero-order chi connectivity index (χ0) is 17.1. The Balaban J connectivity index is 2.63. The summed E-state index contributed by atoms with van der Waals surface area (Å²) in [5, 5.41) is 14.1. The van der Waals surface area contributed by atoms with Gasteiger partial charge in [0.25, 0.3) is 0 Å². The summed E-state index contributed by atoms with van der Waals surface area (Å²) in [4.78, 5) is 11.1. The van der Waals surface area contributed by atoms with E-state index < -0.39 is 18.1 Å². The number of nitrogens with two attached hydrogens (primary N) is 1. The number of aliphatic carboxylic acids is 1. The van der Waals surface area contributed by atoms with E-state index in [4.69, 9.17) is 34.7 Å². The number of nitrogens with zero attached hydrogens (tertiary/aromatic N) is 3. The number of halogens is 1. The maximum atomic E-state index is 11.1. The van der Waals surface area contributed by atoms with Crippen LogP contribution in [0.4, 0.5) is 0 Å². The molecule has 1 aromatic carbocycles. The number of carboxylic acid groups (broad SMARTS) is 1. The third-order valence-corrected chi connectivity index (χ3v) is 4.24. The van der Waals surface area contributed by atoms with Gasteiger partial charge in [0.15, 0.2) is 10.6 Å². The van der Waals surface area contributed by atoms with Crippen molar-refractivity contribution in [2.45, 2.75) is 25.6 Å². The van der Waals surface area contributed by atoms with Gasteiger partial charge in [-0.25, -0.2) is 4.68 Å². The summed E-state index contributed by atoms with van der Waals surface area (Å²) in [5.41, 5.74) is 6.41. The minimum atomic E-state index is -1.12. The van der Waals surface area contributed by atoms with E-state index in [0.29, 0.717) is 27.7 Å². The maximum absolute atomic E-state index is 11.1. The molecule has 2 rings (SSSR count). The summed E-state index contributed by atoms with van der Waals surface area (Å²) < 4.78 is 3.55. The van der Waals surface area contributed by atoms with Crippen molar-refractivity contribution >= 4 is 29.8 Å². The summed E-state index contributed by atoms with van der Waals surface area (Å²) in [6.45, 7) is 5.80. The van der Waals surface area contributed by atoms with Gasteiger partial charge < -0.3 is 10.8 Å². The van der Waals surface area contributed by atoms with Gasteiger partial charge in [0.2, 0.25) is 0 Å². The highest BCUT2D eigenvalue weighted by Crippen LogP contribution is 2.27. The molecule has 0 radical (unpaired) electrons. The zero-order valence-corrected chi connectivity index (χ0v) is 14.1. The van der Waals surface area contributed by atoms with Crippen molar-refractivity contribution in [3.8, 4) is 11.4 Å². The van der Waals surface area contributed by atoms with Crippen LogP contribution >= 0.6 is 23.8 Å². The minimum absolute atomic E-state index is 0.365. The first kappa shape index (κ1) is 17.4. The summed E-state index contributed by atoms with van der Waals surface area (Å²) in [5.74, 6) is -0.568. The predicted molar refractivity (Wildman–Crippen MR) is 92.0 cm³/mol. The topological polar surface area (TPSA) is 86.1 Å². The van der Waals surface area contributed by atoms with Crippen LogP contribution in [0.25, 0.3) is 11.4 Å². The summed E-state index contributed by atoms with van der Waals surface area (Å²) in [6.07, 6.45) is 1.68. The van der Waals surface area contributed by atoms with Crippen LogP contribution in [-0.2, 0) is 11.3 Å². The van der Waals surface area contributed by atoms with E-state index in [1.807, 2.05) is 18.2 Å². The molecule has 0 fully saturated rings. The van der Waals surface area contributed by atoms with Crippen molar-refractivity contribution in [3.63, 3.8) is 0 Å². The first-order valence-corrected chi connectivity index (χ1v) is 7.70. The first-order valence-electron chi connectivity index (χ1n) is 6.92. The third-order valence-electron chi connectivity index (χ3n) is 3.50. The van der Waals surface area contributed by atoms with Crippen LogP contribution in [0.5, 0.6) is 0 Å². The van der Waals surface area contributed by atoms with E-state index in [-0.39, 0.29) is 0 Å². The van der Waals surface area contributed by atoms with Gasteiger partial charge in [-0.3, -0.25) is 9.36 Å². The van der Waals surface area contributed by atoms with E-state index in [1.54, 1.807) is 23.6 Å². The van der Waals surface area contributed by atoms with Crippen LogP contribution in [-0.4, -0.2) is 31.5 Å². The Bertz CT molecular complexity index is 799. The number of rotatable bonds is 6. The Morgan fingerprint density at radius 2 is 2.22 bits per heavy atom. The zero-order valence-electron chi connectivity index (χ0n) is 12.5. The van der Waals surface area contributed by atoms with E-state index in [1.165, 1.54) is 4.68 Å². The molecule has 0 aliphatic rings. The Labute approximate surface area is 143 Å². The van der Waals surface area contributed by atoms with Gasteiger partial charge in [0, 0.05) is 12.1 Å². The number of hydrogen-bond donors (Lipinski definition) is 2. The van der Waals surface area contributed by atoms with Crippen molar-refractivity contribution in [1.82, 2.24) is 14.3 Å². The van der Waals surface area contributed by atoms with Crippen molar-refractivity contribution < 1.29 is 9.90 Å². The van der Waals surface area contributed by atoms with Crippen molar-refractivity contribution in [2.75, 3.05) is 0 Å². The fourth-order valence-electron chi connectivity index (χ4n) is 2.17. The highest BCUT2D eigenvalue weighted by molar-refractivity contribution is 7.71. The van der Waals surface area contributed by atoms with E-state index >= 15 is 0 Å². The molecular weight excluding hydrogens is 336 g/mol. The van der Waals surface area contributed by atoms with Crippen LogP contribution < -0.4 is 5.73 Å². The van der Waals surface area contributed by atoms with E-state index in [9.17, 15) is 4.79 Å². The molecule has 0 spiro atoms. The summed E-state index contributed by atoms with van der Waals surface area (Å²) >= 11 is 11.7. The Kier molecular flexibility index (Phi) is 5.35. The second-order valence-electron chi connectivity index (χ2n) is 5.03. The van der Waals surface area contributed by atoms with Gasteiger partial charge in [-0.15, -0.1) is 6.58 Å². The molecule has 6 nitrogen and oxygen atoms in total. The molecule has 0 saturated carbocycles. The van der Waals surface area contributed by atoms with Crippen LogP contribution in [0.2, 0.25) is 5.02 Å². The number of carbonyl (C=O) groups is 1. The molecule has 2 aromatic rings. The SMILES string of the molecule is C=CCn1c(-c2ccccc2Cl)nn([C@@H](C)[C@H](N)C(=O)O)c1=S. The monoisotopic (exact) mass is 352 g/mol. The van der Waals surface area contributed by atoms with E-state index in [0.717, 1.165) is 0 Å². The van der Waals surface area contributed by atoms with Crippen molar-refractivity contribution in [2.24, 2.45) is 5.73 Å². The van der Waals surface area contributed by atoms with Gasteiger partial charge in [-0.2, -0.15) is 5.10 Å². The molecule has 0 aliphatic carbocycles. The lowest BCUT2D eigenvalue weighted by Gasteiger charge is -2.15. The van der Waals surface area contributed by atoms with Gasteiger partial charge in [-0.1, -0.05) is 29.8 Å². The molecule has 23 heavy (non-hydrogen) atoms. The second-order valence-corrected chi connectivity index (χ2v) is 5.81. The highest BCUT2D eigenvalue weighted by atomic mass is 35.5. The second kappa shape index (κ2) is 7.08. The summed E-state index contributed by atoms with van der Waals surface area (Å²) in [6, 6.07) is 5.52. The van der Waals surface area contributed by atoms with Gasteiger partial charge in [-0.05, 0) is 31.3 Å². The largest absolute Gasteiger partial charge is 0.480 e. The fraction of sp³-hybridized carbons (Fsp3) is 0.267. The van der Waals surface area contributed by atoms with Crippen LogP contribution in [0.15, 0.2) is 36.9 Å². The molecule has 8 heteroatoms. The molecule has 122 valence electrons. The van der Waals surface area contributed by atoms with Crippen LogP contribution in [0.1, 0.15) is 13.0 Å². The number of allylic oxidation sites excluding steroid dienone is 1. The molecule has 0 saturated heterocycles. The molecular formula is C15H17ClN4O2S. The van der Waals surface area contributed by atoms with Gasteiger partial charge >= 0.3 is 5.97 Å². The predicted octanol–water partition coefficient (Wildman–Crippen LogP) is 2.89. The molecule has 0 amide bonds. The standard InChI is InChI=1S/C15H17ClN4O2S/c1-3-8-19-13(10-6-4-5-7-11(10)16)18-20(15(19)23)9(2)12(17)14(21)22/h3-7,9,12H,1,8,17H2,2H3,(H,21,22)/t9-,12-/m0/s1. The molecule has 1 aromatic heterocycles. The quantitative estimate of drug-likeness (QED) is 0.616. The van der Waals surface area contributed by atoms with Gasteiger partial charge in [0.1, 0.15) is 6.04 Å². The van der Waals surface area contributed by atoms with Crippen LogP contribution in [0, 0.1) is 4.77 Å². The smallest absolute Gasteiger partial charge is 0.322 e. The van der Waals surface area contributed by atoms with Crippen LogP contribution in [0.3, 0.4) is 0 Å². The Morgan fingerprint density at radius 3 is 2.78 bits per heavy atom. The lowest BCUT2D eigenvalue weighted by molar-refractivity contribution is -0.139. The number of benzene rings is 1. The Morgan fingerprint density at radius 1 is 1.57 bits per heavy atom. The third kappa shape index (κ3) is 3.36. The average molecular weight is 353 g/mol.